The fourth-order valence-electron chi connectivity index (χ4n) is 2.62. The zero-order valence-electron chi connectivity index (χ0n) is 14.4. The third-order valence-corrected chi connectivity index (χ3v) is 5.70. The second-order valence-corrected chi connectivity index (χ2v) is 8.58. The molecule has 0 spiro atoms. The van der Waals surface area contributed by atoms with Crippen LogP contribution in [-0.4, -0.2) is 18.2 Å². The number of aryl methyl sites for hydroxylation is 2. The number of aliphatic imine (C=N–C) groups is 1. The van der Waals surface area contributed by atoms with Gasteiger partial charge >= 0.3 is 0 Å². The Morgan fingerprint density at radius 2 is 1.69 bits per heavy atom. The van der Waals surface area contributed by atoms with Crippen LogP contribution in [0, 0.1) is 13.8 Å². The minimum Gasteiger partial charge on any atom is -0.494 e. The quantitative estimate of drug-likeness (QED) is 0.553. The molecule has 1 saturated heterocycles. The standard InChI is InChI=1S/C19H16Br2N2O2S/c1-10-4-11(2)6-13(5-10)22-19-23-18(24)16(26-19)9-12-7-14(20)17(25-3)15(21)8-12/h4-9H,1-3H3,(H,22,23,24). The van der Waals surface area contributed by atoms with Crippen LogP contribution >= 0.6 is 43.6 Å². The van der Waals surface area contributed by atoms with Gasteiger partial charge in [0.15, 0.2) is 5.17 Å². The van der Waals surface area contributed by atoms with Gasteiger partial charge in [-0.3, -0.25) is 4.79 Å². The molecule has 4 nitrogen and oxygen atoms in total. The topological polar surface area (TPSA) is 50.7 Å². The highest BCUT2D eigenvalue weighted by Crippen LogP contribution is 2.36. The van der Waals surface area contributed by atoms with Gasteiger partial charge in [-0.1, -0.05) is 6.07 Å². The van der Waals surface area contributed by atoms with E-state index in [2.05, 4.69) is 48.2 Å². The Hall–Kier alpha value is -1.57. The molecule has 2 aromatic rings. The first-order valence-corrected chi connectivity index (χ1v) is 10.2. The summed E-state index contributed by atoms with van der Waals surface area (Å²) in [5.41, 5.74) is 4.00. The first kappa shape index (κ1) is 19.2. The molecule has 0 radical (unpaired) electrons. The Morgan fingerprint density at radius 3 is 2.27 bits per heavy atom. The third-order valence-electron chi connectivity index (χ3n) is 3.61. The Bertz CT molecular complexity index is 911. The summed E-state index contributed by atoms with van der Waals surface area (Å²) in [6.45, 7) is 4.06. The molecule has 0 unspecified atom stereocenters. The van der Waals surface area contributed by atoms with E-state index in [0.717, 1.165) is 31.3 Å². The number of ether oxygens (including phenoxy) is 1. The molecular weight excluding hydrogens is 480 g/mol. The number of nitrogens with one attached hydrogen (secondary N) is 1. The molecule has 1 aliphatic rings. The van der Waals surface area contributed by atoms with Crippen molar-refractivity contribution in [1.82, 2.24) is 5.32 Å². The van der Waals surface area contributed by atoms with Crippen LogP contribution in [-0.2, 0) is 4.79 Å². The number of hydrogen-bond donors (Lipinski definition) is 1. The summed E-state index contributed by atoms with van der Waals surface area (Å²) in [7, 11) is 1.61. The van der Waals surface area contributed by atoms with E-state index >= 15 is 0 Å². The highest BCUT2D eigenvalue weighted by molar-refractivity contribution is 9.11. The largest absolute Gasteiger partial charge is 0.494 e. The maximum Gasteiger partial charge on any atom is 0.264 e. The van der Waals surface area contributed by atoms with E-state index in [4.69, 9.17) is 4.74 Å². The molecule has 1 heterocycles. The highest BCUT2D eigenvalue weighted by Gasteiger charge is 2.24. The van der Waals surface area contributed by atoms with Crippen LogP contribution in [0.3, 0.4) is 0 Å². The summed E-state index contributed by atoms with van der Waals surface area (Å²) in [5.74, 6) is 0.564. The molecule has 134 valence electrons. The Morgan fingerprint density at radius 1 is 1.08 bits per heavy atom. The van der Waals surface area contributed by atoms with Gasteiger partial charge in [0.25, 0.3) is 5.91 Å². The van der Waals surface area contributed by atoms with Gasteiger partial charge in [-0.05, 0) is 105 Å². The minimum absolute atomic E-state index is 0.152. The lowest BCUT2D eigenvalue weighted by Gasteiger charge is -2.07. The molecule has 1 fully saturated rings. The second-order valence-electron chi connectivity index (χ2n) is 5.85. The number of rotatable bonds is 3. The average Bonchev–Trinajstić information content (AvgIpc) is 2.85. The smallest absolute Gasteiger partial charge is 0.264 e. The van der Waals surface area contributed by atoms with Gasteiger partial charge in [0.2, 0.25) is 0 Å². The molecule has 0 aliphatic carbocycles. The van der Waals surface area contributed by atoms with Gasteiger partial charge in [-0.2, -0.15) is 0 Å². The van der Waals surface area contributed by atoms with Crippen LogP contribution in [0.4, 0.5) is 5.69 Å². The summed E-state index contributed by atoms with van der Waals surface area (Å²) < 4.78 is 6.93. The lowest BCUT2D eigenvalue weighted by Crippen LogP contribution is -2.19. The molecule has 7 heteroatoms. The molecular formula is C19H16Br2N2O2S. The molecule has 3 rings (SSSR count). The molecule has 0 bridgehead atoms. The number of amidine groups is 1. The molecule has 0 saturated carbocycles. The molecule has 1 aliphatic heterocycles. The van der Waals surface area contributed by atoms with Crippen LogP contribution in [0.15, 0.2) is 49.2 Å². The van der Waals surface area contributed by atoms with E-state index in [1.54, 1.807) is 7.11 Å². The molecule has 0 aromatic heterocycles. The second kappa shape index (κ2) is 7.98. The number of methoxy groups -OCH3 is 1. The normalized spacial score (nSPS) is 17.0. The third kappa shape index (κ3) is 4.39. The van der Waals surface area contributed by atoms with Gasteiger partial charge in [0.05, 0.1) is 26.6 Å². The van der Waals surface area contributed by atoms with Crippen molar-refractivity contribution < 1.29 is 9.53 Å². The van der Waals surface area contributed by atoms with Crippen LogP contribution in [0.25, 0.3) is 6.08 Å². The van der Waals surface area contributed by atoms with Crippen molar-refractivity contribution in [1.29, 1.82) is 0 Å². The van der Waals surface area contributed by atoms with Crippen molar-refractivity contribution in [2.75, 3.05) is 7.11 Å². The Kier molecular flexibility index (Phi) is 5.89. The molecule has 26 heavy (non-hydrogen) atoms. The van der Waals surface area contributed by atoms with Gasteiger partial charge in [0, 0.05) is 0 Å². The SMILES string of the molecule is COc1c(Br)cc(C=C2SC(=Nc3cc(C)cc(C)c3)NC2=O)cc1Br. The van der Waals surface area contributed by atoms with Crippen molar-refractivity contribution in [3.63, 3.8) is 0 Å². The number of amides is 1. The van der Waals surface area contributed by atoms with E-state index in [-0.39, 0.29) is 5.91 Å². The van der Waals surface area contributed by atoms with E-state index in [1.165, 1.54) is 11.8 Å². The van der Waals surface area contributed by atoms with Crippen LogP contribution in [0.2, 0.25) is 0 Å². The van der Waals surface area contributed by atoms with Gasteiger partial charge in [-0.25, -0.2) is 4.99 Å². The molecule has 1 amide bonds. The number of nitrogens with zero attached hydrogens (tertiary/aromatic N) is 1. The predicted octanol–water partition coefficient (Wildman–Crippen LogP) is 5.73. The molecule has 1 N–H and O–H groups in total. The number of thioether (sulfide) groups is 1. The van der Waals surface area contributed by atoms with Gasteiger partial charge < -0.3 is 10.1 Å². The monoisotopic (exact) mass is 494 g/mol. The van der Waals surface area contributed by atoms with Crippen LogP contribution in [0.1, 0.15) is 16.7 Å². The van der Waals surface area contributed by atoms with E-state index in [9.17, 15) is 4.79 Å². The van der Waals surface area contributed by atoms with Crippen LogP contribution in [0.5, 0.6) is 5.75 Å². The van der Waals surface area contributed by atoms with Crippen molar-refractivity contribution in [3.05, 3.63) is 60.9 Å². The number of benzene rings is 2. The lowest BCUT2D eigenvalue weighted by atomic mass is 10.1. The zero-order valence-corrected chi connectivity index (χ0v) is 18.4. The molecule has 0 atom stereocenters. The van der Waals surface area contributed by atoms with Crippen molar-refractivity contribution in [3.8, 4) is 5.75 Å². The lowest BCUT2D eigenvalue weighted by molar-refractivity contribution is -0.115. The summed E-state index contributed by atoms with van der Waals surface area (Å²) in [5, 5.41) is 3.40. The summed E-state index contributed by atoms with van der Waals surface area (Å²) in [4.78, 5) is 17.4. The Labute approximate surface area is 173 Å². The number of carbonyl (C=O) groups excluding carboxylic acids is 1. The highest BCUT2D eigenvalue weighted by atomic mass is 79.9. The van der Waals surface area contributed by atoms with E-state index in [0.29, 0.717) is 15.8 Å². The zero-order chi connectivity index (χ0) is 18.8. The minimum atomic E-state index is -0.152. The van der Waals surface area contributed by atoms with Gasteiger partial charge in [0.1, 0.15) is 5.75 Å². The summed E-state index contributed by atoms with van der Waals surface area (Å²) in [6, 6.07) is 9.89. The molecule has 2 aromatic carbocycles. The fourth-order valence-corrected chi connectivity index (χ4v) is 5.01. The Balaban J connectivity index is 1.88. The van der Waals surface area contributed by atoms with Crippen molar-refractivity contribution >= 4 is 66.5 Å². The number of hydrogen-bond acceptors (Lipinski definition) is 4. The van der Waals surface area contributed by atoms with E-state index < -0.39 is 0 Å². The number of halogens is 2. The first-order valence-electron chi connectivity index (χ1n) is 7.76. The first-order chi connectivity index (χ1) is 12.4. The summed E-state index contributed by atoms with van der Waals surface area (Å²) in [6.07, 6.45) is 1.83. The maximum absolute atomic E-state index is 12.3. The average molecular weight is 496 g/mol. The van der Waals surface area contributed by atoms with E-state index in [1.807, 2.05) is 44.2 Å². The predicted molar refractivity (Wildman–Crippen MR) is 115 cm³/mol. The van der Waals surface area contributed by atoms with Crippen LogP contribution < -0.4 is 10.1 Å². The van der Waals surface area contributed by atoms with Gasteiger partial charge in [-0.15, -0.1) is 0 Å². The summed E-state index contributed by atoms with van der Waals surface area (Å²) >= 11 is 8.28. The van der Waals surface area contributed by atoms with Crippen molar-refractivity contribution in [2.24, 2.45) is 4.99 Å². The maximum atomic E-state index is 12.3. The number of carbonyl (C=O) groups is 1. The fraction of sp³-hybridized carbons (Fsp3) is 0.158. The van der Waals surface area contributed by atoms with Crippen molar-refractivity contribution in [2.45, 2.75) is 13.8 Å².